The van der Waals surface area contributed by atoms with Crippen LogP contribution in [0.2, 0.25) is 0 Å². The van der Waals surface area contributed by atoms with Crippen LogP contribution in [0, 0.1) is 0 Å². The molecular formula is C10H18S4. The lowest BCUT2D eigenvalue weighted by atomic mass is 10.2. The third-order valence-corrected chi connectivity index (χ3v) is 9.65. The lowest BCUT2D eigenvalue weighted by Gasteiger charge is -2.28. The largest absolute Gasteiger partial charge is 0.144 e. The molecule has 2 rings (SSSR count). The highest BCUT2D eigenvalue weighted by Gasteiger charge is 2.36. The molecule has 14 heavy (non-hydrogen) atoms. The highest BCUT2D eigenvalue weighted by molar-refractivity contribution is 8.21. The first-order valence-corrected chi connectivity index (χ1v) is 9.12. The van der Waals surface area contributed by atoms with Crippen molar-refractivity contribution in [3.63, 3.8) is 0 Å². The van der Waals surface area contributed by atoms with E-state index in [0.717, 1.165) is 0 Å². The van der Waals surface area contributed by atoms with Crippen molar-refractivity contribution in [2.75, 3.05) is 23.0 Å². The zero-order valence-electron chi connectivity index (χ0n) is 8.88. The quantitative estimate of drug-likeness (QED) is 0.752. The fraction of sp³-hybridized carbons (Fsp3) is 1.00. The maximum Gasteiger partial charge on any atom is 0.0584 e. The monoisotopic (exact) mass is 266 g/mol. The van der Waals surface area contributed by atoms with E-state index in [1.807, 2.05) is 0 Å². The molecule has 2 saturated heterocycles. The van der Waals surface area contributed by atoms with Gasteiger partial charge in [-0.15, -0.1) is 47.0 Å². The molecular weight excluding hydrogens is 248 g/mol. The molecule has 0 aromatic heterocycles. The van der Waals surface area contributed by atoms with Crippen LogP contribution in [0.15, 0.2) is 0 Å². The lowest BCUT2D eigenvalue weighted by molar-refractivity contribution is 0.675. The van der Waals surface area contributed by atoms with Crippen molar-refractivity contribution in [2.24, 2.45) is 0 Å². The first kappa shape index (κ1) is 11.9. The second-order valence-corrected chi connectivity index (χ2v) is 11.1. The molecule has 0 aromatic rings. The molecule has 0 amide bonds. The topological polar surface area (TPSA) is 0 Å². The van der Waals surface area contributed by atoms with Gasteiger partial charge in [0.25, 0.3) is 0 Å². The van der Waals surface area contributed by atoms with Crippen LogP contribution in [-0.2, 0) is 0 Å². The van der Waals surface area contributed by atoms with Crippen LogP contribution in [0.25, 0.3) is 0 Å². The standard InChI is InChI=1S/C10H18S4/c1-9(11-5-6-12-9)3-4-10(2)13-7-8-14-10/h3-8H2,1-2H3. The lowest BCUT2D eigenvalue weighted by Crippen LogP contribution is -2.18. The zero-order valence-corrected chi connectivity index (χ0v) is 12.1. The summed E-state index contributed by atoms with van der Waals surface area (Å²) in [6.45, 7) is 4.87. The molecule has 2 heterocycles. The molecule has 4 heteroatoms. The molecule has 0 spiro atoms. The summed E-state index contributed by atoms with van der Waals surface area (Å²) in [6, 6.07) is 0. The third kappa shape index (κ3) is 2.96. The minimum Gasteiger partial charge on any atom is -0.144 e. The Hall–Kier alpha value is 1.40. The van der Waals surface area contributed by atoms with Gasteiger partial charge in [-0.2, -0.15) is 0 Å². The summed E-state index contributed by atoms with van der Waals surface area (Å²) in [7, 11) is 0. The second-order valence-electron chi connectivity index (χ2n) is 4.16. The summed E-state index contributed by atoms with van der Waals surface area (Å²) in [6.07, 6.45) is 2.78. The summed E-state index contributed by atoms with van der Waals surface area (Å²) < 4.78 is 1.07. The fourth-order valence-electron chi connectivity index (χ4n) is 1.86. The summed E-state index contributed by atoms with van der Waals surface area (Å²) in [4.78, 5) is 0. The van der Waals surface area contributed by atoms with Gasteiger partial charge in [-0.3, -0.25) is 0 Å². The van der Waals surface area contributed by atoms with Crippen LogP contribution < -0.4 is 0 Å². The van der Waals surface area contributed by atoms with Gasteiger partial charge >= 0.3 is 0 Å². The number of hydrogen-bond donors (Lipinski definition) is 0. The molecule has 0 atom stereocenters. The highest BCUT2D eigenvalue weighted by atomic mass is 32.2. The third-order valence-electron chi connectivity index (χ3n) is 2.83. The summed E-state index contributed by atoms with van der Waals surface area (Å²) in [5, 5.41) is 0. The van der Waals surface area contributed by atoms with Crippen molar-refractivity contribution in [1.82, 2.24) is 0 Å². The number of rotatable bonds is 3. The Labute approximate surface area is 105 Å². The Morgan fingerprint density at radius 2 is 1.00 bits per heavy atom. The normalized spacial score (nSPS) is 29.6. The van der Waals surface area contributed by atoms with Crippen LogP contribution >= 0.6 is 47.0 Å². The van der Waals surface area contributed by atoms with Gasteiger partial charge in [0.15, 0.2) is 0 Å². The number of hydrogen-bond acceptors (Lipinski definition) is 4. The van der Waals surface area contributed by atoms with Gasteiger partial charge in [-0.25, -0.2) is 0 Å². The molecule has 0 bridgehead atoms. The van der Waals surface area contributed by atoms with Gasteiger partial charge in [-0.05, 0) is 26.7 Å². The maximum atomic E-state index is 2.43. The van der Waals surface area contributed by atoms with Gasteiger partial charge in [0.1, 0.15) is 0 Å². The summed E-state index contributed by atoms with van der Waals surface area (Å²) in [5.74, 6) is 5.44. The average Bonchev–Trinajstić information content (AvgIpc) is 2.74. The van der Waals surface area contributed by atoms with E-state index in [4.69, 9.17) is 0 Å². The van der Waals surface area contributed by atoms with Crippen molar-refractivity contribution in [3.05, 3.63) is 0 Å². The maximum absolute atomic E-state index is 2.43. The first-order valence-electron chi connectivity index (χ1n) is 5.18. The second kappa shape index (κ2) is 4.72. The van der Waals surface area contributed by atoms with E-state index < -0.39 is 0 Å². The van der Waals surface area contributed by atoms with Gasteiger partial charge in [0.05, 0.1) is 8.16 Å². The molecule has 0 aliphatic carbocycles. The van der Waals surface area contributed by atoms with Crippen LogP contribution in [-0.4, -0.2) is 31.2 Å². The van der Waals surface area contributed by atoms with E-state index >= 15 is 0 Å². The van der Waals surface area contributed by atoms with Crippen molar-refractivity contribution >= 4 is 47.0 Å². The van der Waals surface area contributed by atoms with Gasteiger partial charge in [0.2, 0.25) is 0 Å². The molecule has 0 aromatic carbocycles. The van der Waals surface area contributed by atoms with E-state index in [-0.39, 0.29) is 0 Å². The van der Waals surface area contributed by atoms with Crippen LogP contribution in [0.1, 0.15) is 26.7 Å². The molecule has 0 nitrogen and oxygen atoms in total. The SMILES string of the molecule is CC1(CCC2(C)SCCS2)SCCS1. The molecule has 2 aliphatic heterocycles. The minimum absolute atomic E-state index is 0.534. The summed E-state index contributed by atoms with van der Waals surface area (Å²) >= 11 is 8.68. The van der Waals surface area contributed by atoms with Crippen molar-refractivity contribution in [2.45, 2.75) is 34.8 Å². The molecule has 0 saturated carbocycles. The molecule has 0 N–H and O–H groups in total. The van der Waals surface area contributed by atoms with E-state index in [1.54, 1.807) is 0 Å². The van der Waals surface area contributed by atoms with E-state index in [1.165, 1.54) is 35.9 Å². The molecule has 82 valence electrons. The van der Waals surface area contributed by atoms with E-state index in [2.05, 4.69) is 60.9 Å². The van der Waals surface area contributed by atoms with E-state index in [0.29, 0.717) is 8.16 Å². The Morgan fingerprint density at radius 1 is 0.714 bits per heavy atom. The fourth-order valence-corrected chi connectivity index (χ4v) is 7.57. The Bertz CT molecular complexity index is 170. The van der Waals surface area contributed by atoms with Crippen LogP contribution in [0.5, 0.6) is 0 Å². The molecule has 2 aliphatic rings. The van der Waals surface area contributed by atoms with Crippen LogP contribution in [0.3, 0.4) is 0 Å². The Kier molecular flexibility index (Phi) is 4.00. The molecule has 2 fully saturated rings. The molecule has 0 radical (unpaired) electrons. The Balaban J connectivity index is 1.80. The van der Waals surface area contributed by atoms with Crippen molar-refractivity contribution in [1.29, 1.82) is 0 Å². The van der Waals surface area contributed by atoms with Crippen molar-refractivity contribution < 1.29 is 0 Å². The van der Waals surface area contributed by atoms with Crippen molar-refractivity contribution in [3.8, 4) is 0 Å². The predicted molar refractivity (Wildman–Crippen MR) is 75.9 cm³/mol. The minimum atomic E-state index is 0.534. The van der Waals surface area contributed by atoms with E-state index in [9.17, 15) is 0 Å². The van der Waals surface area contributed by atoms with Crippen LogP contribution in [0.4, 0.5) is 0 Å². The summed E-state index contributed by atoms with van der Waals surface area (Å²) in [5.41, 5.74) is 0. The first-order chi connectivity index (χ1) is 6.62. The van der Waals surface area contributed by atoms with Gasteiger partial charge in [-0.1, -0.05) is 0 Å². The van der Waals surface area contributed by atoms with Gasteiger partial charge in [0, 0.05) is 23.0 Å². The smallest absolute Gasteiger partial charge is 0.0584 e. The Morgan fingerprint density at radius 3 is 1.29 bits per heavy atom. The zero-order chi connectivity index (χ0) is 10.1. The highest BCUT2D eigenvalue weighted by Crippen LogP contribution is 2.52. The molecule has 0 unspecified atom stereocenters. The average molecular weight is 267 g/mol. The number of thioether (sulfide) groups is 4. The van der Waals surface area contributed by atoms with Gasteiger partial charge < -0.3 is 0 Å². The predicted octanol–water partition coefficient (Wildman–Crippen LogP) is 4.16.